The van der Waals surface area contributed by atoms with Crippen LogP contribution < -0.4 is 4.90 Å². The lowest BCUT2D eigenvalue weighted by Gasteiger charge is -2.27. The van der Waals surface area contributed by atoms with Crippen molar-refractivity contribution in [3.63, 3.8) is 0 Å². The summed E-state index contributed by atoms with van der Waals surface area (Å²) in [6.07, 6.45) is 6.39. The van der Waals surface area contributed by atoms with Gasteiger partial charge in [-0.05, 0) is 58.3 Å². The Balaban J connectivity index is 1.27. The van der Waals surface area contributed by atoms with Crippen molar-refractivity contribution in [3.05, 3.63) is 123 Å². The molecule has 1 aliphatic heterocycles. The zero-order chi connectivity index (χ0) is 27.4. The average molecular weight is 635 g/mol. The van der Waals surface area contributed by atoms with Crippen molar-refractivity contribution >= 4 is 34.2 Å². The molecule has 4 aromatic rings. The summed E-state index contributed by atoms with van der Waals surface area (Å²) >= 11 is 2.26. The van der Waals surface area contributed by atoms with Crippen LogP contribution in [0.25, 0.3) is 0 Å². The third-order valence-corrected chi connectivity index (χ3v) is 7.98. The molecule has 200 valence electrons. The van der Waals surface area contributed by atoms with E-state index in [2.05, 4.69) is 39.0 Å². The van der Waals surface area contributed by atoms with Gasteiger partial charge in [-0.25, -0.2) is 0 Å². The third kappa shape index (κ3) is 5.54. The molecule has 5 rings (SSSR count). The largest absolute Gasteiger partial charge is 0.395 e. The van der Waals surface area contributed by atoms with Crippen LogP contribution in [0, 0.1) is 9.49 Å². The van der Waals surface area contributed by atoms with Crippen LogP contribution in [0.15, 0.2) is 97.2 Å². The number of carbonyl (C=O) groups excluding carboxylic acids is 1. The predicted octanol–water partition coefficient (Wildman–Crippen LogP) is 5.02. The number of hydrogen-bond donors (Lipinski definition) is 2. The van der Waals surface area contributed by atoms with Gasteiger partial charge < -0.3 is 15.1 Å². The number of benzene rings is 3. The minimum atomic E-state index is -1.64. The average Bonchev–Trinajstić information content (AvgIpc) is 3.50. The van der Waals surface area contributed by atoms with E-state index < -0.39 is 11.5 Å². The van der Waals surface area contributed by atoms with Gasteiger partial charge in [0.25, 0.3) is 5.91 Å². The van der Waals surface area contributed by atoms with Crippen molar-refractivity contribution in [2.24, 2.45) is 5.92 Å². The summed E-state index contributed by atoms with van der Waals surface area (Å²) in [5.41, 5.74) is 2.47. The molecule has 3 atom stereocenters. The smallest absolute Gasteiger partial charge is 0.264 e. The number of halogens is 1. The molecule has 1 amide bonds. The van der Waals surface area contributed by atoms with Gasteiger partial charge in [-0.1, -0.05) is 85.0 Å². The second kappa shape index (κ2) is 11.8. The maximum atomic E-state index is 13.7. The maximum Gasteiger partial charge on any atom is 0.264 e. The van der Waals surface area contributed by atoms with Gasteiger partial charge in [0.1, 0.15) is 0 Å². The topological polar surface area (TPSA) is 91.5 Å². The summed E-state index contributed by atoms with van der Waals surface area (Å²) in [4.78, 5) is 15.4. The van der Waals surface area contributed by atoms with E-state index in [1.54, 1.807) is 9.58 Å². The summed E-state index contributed by atoms with van der Waals surface area (Å²) in [5.74, 6) is -0.965. The first-order valence-electron chi connectivity index (χ1n) is 13.0. The first-order chi connectivity index (χ1) is 18.9. The van der Waals surface area contributed by atoms with E-state index in [9.17, 15) is 15.0 Å². The lowest BCUT2D eigenvalue weighted by Crippen LogP contribution is -2.44. The van der Waals surface area contributed by atoms with Crippen LogP contribution in [0.2, 0.25) is 0 Å². The Hall–Kier alpha value is -3.34. The Morgan fingerprint density at radius 2 is 1.82 bits per heavy atom. The van der Waals surface area contributed by atoms with Crippen LogP contribution in [0.3, 0.4) is 0 Å². The predicted molar refractivity (Wildman–Crippen MR) is 159 cm³/mol. The molecule has 7 nitrogen and oxygen atoms in total. The molecule has 39 heavy (non-hydrogen) atoms. The van der Waals surface area contributed by atoms with Crippen LogP contribution in [0.4, 0.5) is 5.69 Å². The van der Waals surface area contributed by atoms with Crippen LogP contribution in [-0.2, 0) is 23.5 Å². The van der Waals surface area contributed by atoms with E-state index in [-0.39, 0.29) is 18.4 Å². The number of nitrogens with zero attached hydrogens (tertiary/aromatic N) is 4. The number of allylic oxidation sites excluding steroid dienone is 1. The molecule has 0 fully saturated rings. The van der Waals surface area contributed by atoms with Crippen molar-refractivity contribution in [2.45, 2.75) is 38.0 Å². The highest BCUT2D eigenvalue weighted by Crippen LogP contribution is 2.45. The summed E-state index contributed by atoms with van der Waals surface area (Å²) in [6.45, 7) is 2.82. The molecule has 0 bridgehead atoms. The number of carbonyl (C=O) groups is 1. The van der Waals surface area contributed by atoms with Crippen molar-refractivity contribution in [3.8, 4) is 0 Å². The number of para-hydroxylation sites is 1. The van der Waals surface area contributed by atoms with Crippen LogP contribution in [0.1, 0.15) is 41.6 Å². The molecule has 0 saturated carbocycles. The fourth-order valence-electron chi connectivity index (χ4n) is 5.16. The summed E-state index contributed by atoms with van der Waals surface area (Å²) in [5, 5.41) is 30.2. The zero-order valence-corrected chi connectivity index (χ0v) is 23.8. The number of aryl methyl sites for hydroxylation is 1. The lowest BCUT2D eigenvalue weighted by atomic mass is 9.83. The van der Waals surface area contributed by atoms with Gasteiger partial charge in [-0.2, -0.15) is 0 Å². The van der Waals surface area contributed by atoms with Gasteiger partial charge in [-0.15, -0.1) is 5.10 Å². The summed E-state index contributed by atoms with van der Waals surface area (Å²) in [6, 6.07) is 25.3. The Bertz CT molecular complexity index is 1470. The first kappa shape index (κ1) is 27.2. The SMILES string of the molecule is C[C@@H](/C=C/CCn1cc(C(CO)c2ccccc2)nn1)[C@]1(O)C(=O)N(Cc2cccc(I)c2)c2ccccc21. The van der Waals surface area contributed by atoms with E-state index in [1.165, 1.54) is 0 Å². The quantitative estimate of drug-likeness (QED) is 0.189. The minimum absolute atomic E-state index is 0.0469. The fourth-order valence-corrected chi connectivity index (χ4v) is 5.77. The third-order valence-electron chi connectivity index (χ3n) is 7.31. The van der Waals surface area contributed by atoms with E-state index in [0.29, 0.717) is 25.1 Å². The van der Waals surface area contributed by atoms with Crippen molar-refractivity contribution < 1.29 is 15.0 Å². The number of rotatable bonds is 10. The monoisotopic (exact) mass is 634 g/mol. The molecule has 1 unspecified atom stereocenters. The molecule has 1 aromatic heterocycles. The second-order valence-electron chi connectivity index (χ2n) is 9.86. The zero-order valence-electron chi connectivity index (χ0n) is 21.7. The normalized spacial score (nSPS) is 18.5. The number of fused-ring (bicyclic) bond motifs is 1. The van der Waals surface area contributed by atoms with Gasteiger partial charge in [-0.3, -0.25) is 9.48 Å². The molecule has 0 saturated heterocycles. The van der Waals surface area contributed by atoms with Crippen molar-refractivity contribution in [1.29, 1.82) is 0 Å². The van der Waals surface area contributed by atoms with E-state index in [1.807, 2.05) is 98.1 Å². The molecule has 1 aliphatic rings. The van der Waals surface area contributed by atoms with Crippen LogP contribution >= 0.6 is 22.6 Å². The maximum absolute atomic E-state index is 13.7. The Labute approximate surface area is 241 Å². The van der Waals surface area contributed by atoms with Gasteiger partial charge >= 0.3 is 0 Å². The van der Waals surface area contributed by atoms with E-state index in [0.717, 1.165) is 26.1 Å². The second-order valence-corrected chi connectivity index (χ2v) is 11.1. The molecule has 0 radical (unpaired) electrons. The van der Waals surface area contributed by atoms with Gasteiger partial charge in [0.15, 0.2) is 5.60 Å². The molecule has 2 heterocycles. The Kier molecular flexibility index (Phi) is 8.25. The van der Waals surface area contributed by atoms with E-state index in [4.69, 9.17) is 0 Å². The van der Waals surface area contributed by atoms with Gasteiger partial charge in [0.05, 0.1) is 30.5 Å². The highest BCUT2D eigenvalue weighted by Gasteiger charge is 2.52. The Morgan fingerprint density at radius 3 is 2.59 bits per heavy atom. The van der Waals surface area contributed by atoms with Crippen molar-refractivity contribution in [2.75, 3.05) is 11.5 Å². The highest BCUT2D eigenvalue weighted by atomic mass is 127. The number of hydrogen-bond acceptors (Lipinski definition) is 5. The highest BCUT2D eigenvalue weighted by molar-refractivity contribution is 14.1. The minimum Gasteiger partial charge on any atom is -0.395 e. The van der Waals surface area contributed by atoms with Gasteiger partial charge in [0, 0.05) is 27.8 Å². The molecule has 3 aromatic carbocycles. The Morgan fingerprint density at radius 1 is 1.05 bits per heavy atom. The van der Waals surface area contributed by atoms with Gasteiger partial charge in [0.2, 0.25) is 0 Å². The summed E-state index contributed by atoms with van der Waals surface area (Å²) < 4.78 is 2.85. The molecule has 0 spiro atoms. The molecule has 2 N–H and O–H groups in total. The number of aromatic nitrogens is 3. The number of aliphatic hydroxyl groups excluding tert-OH is 1. The van der Waals surface area contributed by atoms with Crippen LogP contribution in [-0.4, -0.2) is 37.7 Å². The molecular weight excluding hydrogens is 603 g/mol. The van der Waals surface area contributed by atoms with E-state index >= 15 is 0 Å². The first-order valence-corrected chi connectivity index (χ1v) is 14.1. The number of aliphatic hydroxyl groups is 2. The lowest BCUT2D eigenvalue weighted by molar-refractivity contribution is -0.139. The summed E-state index contributed by atoms with van der Waals surface area (Å²) in [7, 11) is 0. The number of anilines is 1. The molecule has 8 heteroatoms. The number of amides is 1. The standard InChI is InChI=1S/C31H31IN4O3/c1-22(10-7-8-17-35-20-28(33-34-35)26(21-37)24-12-3-2-4-13-24)31(39)27-15-5-6-16-29(27)36(30(31)38)19-23-11-9-14-25(32)18-23/h2-7,9-16,18,20,22,26,37,39H,8,17,19,21H2,1H3/b10-7+/t22-,26?,31+/m0/s1. The van der Waals surface area contributed by atoms with Crippen LogP contribution in [0.5, 0.6) is 0 Å². The van der Waals surface area contributed by atoms with Crippen molar-refractivity contribution in [1.82, 2.24) is 15.0 Å². The fraction of sp³-hybridized carbons (Fsp3) is 0.258. The molecule has 0 aliphatic carbocycles. The molecular formula is C31H31IN4O3.